The molecular weight excluding hydrogens is 325 g/mol. The van der Waals surface area contributed by atoms with Gasteiger partial charge in [-0.05, 0) is 36.8 Å². The standard InChI is InChI=1S/C18H20FN3OS/c19-14-5-2-1-4-12(14)11-22(13-7-8-13)18(23)16-10-15(20-21-16)17-6-3-9-24-17/h1-6,9,13,15-16,20-21H,7-8,10-11H2. The summed E-state index contributed by atoms with van der Waals surface area (Å²) in [4.78, 5) is 16.0. The highest BCUT2D eigenvalue weighted by atomic mass is 32.1. The maximum atomic E-state index is 14.0. The molecule has 2 aromatic rings. The Balaban J connectivity index is 1.46. The van der Waals surface area contributed by atoms with E-state index in [0.29, 0.717) is 12.1 Å². The van der Waals surface area contributed by atoms with Crippen LogP contribution in [0.15, 0.2) is 41.8 Å². The van der Waals surface area contributed by atoms with Crippen molar-refractivity contribution in [3.63, 3.8) is 0 Å². The fourth-order valence-corrected chi connectivity index (χ4v) is 3.97. The Morgan fingerprint density at radius 2 is 2.04 bits per heavy atom. The summed E-state index contributed by atoms with van der Waals surface area (Å²) in [5, 5.41) is 2.04. The van der Waals surface area contributed by atoms with Gasteiger partial charge in [-0.2, -0.15) is 0 Å². The van der Waals surface area contributed by atoms with E-state index in [4.69, 9.17) is 0 Å². The first-order chi connectivity index (χ1) is 11.7. The summed E-state index contributed by atoms with van der Waals surface area (Å²) in [5.74, 6) is -0.183. The number of rotatable bonds is 5. The van der Waals surface area contributed by atoms with Gasteiger partial charge in [0.1, 0.15) is 11.9 Å². The van der Waals surface area contributed by atoms with Gasteiger partial charge in [-0.15, -0.1) is 11.3 Å². The summed E-state index contributed by atoms with van der Waals surface area (Å²) in [6, 6.07) is 10.9. The molecule has 2 N–H and O–H groups in total. The largest absolute Gasteiger partial charge is 0.334 e. The number of hydrazine groups is 1. The average molecular weight is 345 g/mol. The highest BCUT2D eigenvalue weighted by molar-refractivity contribution is 7.10. The van der Waals surface area contributed by atoms with Crippen LogP contribution < -0.4 is 10.9 Å². The topological polar surface area (TPSA) is 44.4 Å². The van der Waals surface area contributed by atoms with E-state index in [9.17, 15) is 9.18 Å². The molecule has 2 atom stereocenters. The van der Waals surface area contributed by atoms with Crippen LogP contribution in [0.5, 0.6) is 0 Å². The summed E-state index contributed by atoms with van der Waals surface area (Å²) < 4.78 is 14.0. The SMILES string of the molecule is O=C(C1CC(c2cccs2)NN1)N(Cc1ccccc1F)C1CC1. The lowest BCUT2D eigenvalue weighted by atomic mass is 10.1. The van der Waals surface area contributed by atoms with E-state index in [2.05, 4.69) is 16.9 Å². The number of hydrogen-bond acceptors (Lipinski definition) is 4. The van der Waals surface area contributed by atoms with Crippen LogP contribution in [0.2, 0.25) is 0 Å². The quantitative estimate of drug-likeness (QED) is 0.876. The minimum Gasteiger partial charge on any atom is -0.334 e. The molecule has 24 heavy (non-hydrogen) atoms. The second-order valence-corrected chi connectivity index (χ2v) is 7.41. The minimum atomic E-state index is -0.260. The van der Waals surface area contributed by atoms with E-state index >= 15 is 0 Å². The Hall–Kier alpha value is -1.76. The first-order valence-corrected chi connectivity index (χ1v) is 9.18. The predicted octanol–water partition coefficient (Wildman–Crippen LogP) is 2.99. The molecule has 1 saturated heterocycles. The van der Waals surface area contributed by atoms with Crippen molar-refractivity contribution in [3.05, 3.63) is 58.0 Å². The van der Waals surface area contributed by atoms with Gasteiger partial charge in [-0.25, -0.2) is 15.2 Å². The summed E-state index contributed by atoms with van der Waals surface area (Å²) in [7, 11) is 0. The zero-order chi connectivity index (χ0) is 16.5. The van der Waals surface area contributed by atoms with Gasteiger partial charge in [0.25, 0.3) is 0 Å². The van der Waals surface area contributed by atoms with Crippen LogP contribution in [0.3, 0.4) is 0 Å². The molecule has 2 unspecified atom stereocenters. The van der Waals surface area contributed by atoms with Crippen LogP contribution in [0.1, 0.15) is 35.7 Å². The third-order valence-electron chi connectivity index (χ3n) is 4.66. The lowest BCUT2D eigenvalue weighted by Crippen LogP contribution is -2.46. The van der Waals surface area contributed by atoms with E-state index in [1.807, 2.05) is 22.4 Å². The lowest BCUT2D eigenvalue weighted by molar-refractivity contribution is -0.134. The summed E-state index contributed by atoms with van der Waals surface area (Å²) in [6.45, 7) is 0.345. The van der Waals surface area contributed by atoms with Crippen LogP contribution >= 0.6 is 11.3 Å². The van der Waals surface area contributed by atoms with Crippen molar-refractivity contribution in [2.75, 3.05) is 0 Å². The van der Waals surface area contributed by atoms with E-state index in [-0.39, 0.29) is 29.8 Å². The van der Waals surface area contributed by atoms with Crippen molar-refractivity contribution >= 4 is 17.2 Å². The van der Waals surface area contributed by atoms with Crippen LogP contribution in [0, 0.1) is 5.82 Å². The smallest absolute Gasteiger partial charge is 0.241 e. The third kappa shape index (κ3) is 3.22. The first kappa shape index (κ1) is 15.7. The number of hydrogen-bond donors (Lipinski definition) is 2. The maximum Gasteiger partial charge on any atom is 0.241 e. The molecule has 2 aliphatic rings. The molecule has 1 aliphatic carbocycles. The number of nitrogens with one attached hydrogen (secondary N) is 2. The lowest BCUT2D eigenvalue weighted by Gasteiger charge is -2.25. The van der Waals surface area contributed by atoms with Gasteiger partial charge in [0.2, 0.25) is 5.91 Å². The Morgan fingerprint density at radius 1 is 1.21 bits per heavy atom. The maximum absolute atomic E-state index is 14.0. The molecule has 126 valence electrons. The molecule has 0 radical (unpaired) electrons. The molecule has 2 heterocycles. The number of halogens is 1. The monoisotopic (exact) mass is 345 g/mol. The Kier molecular flexibility index (Phi) is 4.35. The molecule has 1 saturated carbocycles. The normalized spacial score (nSPS) is 23.4. The van der Waals surface area contributed by atoms with Crippen molar-refractivity contribution in [3.8, 4) is 0 Å². The molecule has 0 spiro atoms. The van der Waals surface area contributed by atoms with Gasteiger partial charge in [0, 0.05) is 23.0 Å². The number of benzene rings is 1. The molecule has 1 aromatic carbocycles. The number of amides is 1. The van der Waals surface area contributed by atoms with Gasteiger partial charge in [-0.1, -0.05) is 24.3 Å². The number of carbonyl (C=O) groups is 1. The summed E-state index contributed by atoms with van der Waals surface area (Å²) >= 11 is 1.69. The molecule has 0 bridgehead atoms. The fourth-order valence-electron chi connectivity index (χ4n) is 3.18. The van der Waals surface area contributed by atoms with Gasteiger partial charge in [0.05, 0.1) is 6.04 Å². The molecule has 4 nitrogen and oxygen atoms in total. The van der Waals surface area contributed by atoms with Crippen LogP contribution in [0.4, 0.5) is 4.39 Å². The summed E-state index contributed by atoms with van der Waals surface area (Å²) in [5.41, 5.74) is 6.93. The third-order valence-corrected chi connectivity index (χ3v) is 5.64. The fraction of sp³-hybridized carbons (Fsp3) is 0.389. The zero-order valence-corrected chi connectivity index (χ0v) is 14.1. The average Bonchev–Trinajstić information content (AvgIpc) is 3.09. The molecule has 6 heteroatoms. The number of carbonyl (C=O) groups excluding carboxylic acids is 1. The zero-order valence-electron chi connectivity index (χ0n) is 13.2. The van der Waals surface area contributed by atoms with E-state index in [0.717, 1.165) is 19.3 Å². The second kappa shape index (κ2) is 6.63. The van der Waals surface area contributed by atoms with Crippen LogP contribution in [-0.2, 0) is 11.3 Å². The number of thiophene rings is 1. The molecule has 1 aromatic heterocycles. The van der Waals surface area contributed by atoms with Crippen LogP contribution in [0.25, 0.3) is 0 Å². The highest BCUT2D eigenvalue weighted by Crippen LogP contribution is 2.32. The van der Waals surface area contributed by atoms with Crippen molar-refractivity contribution in [2.24, 2.45) is 0 Å². The molecule has 2 fully saturated rings. The Labute approximate surface area is 144 Å². The Bertz CT molecular complexity index is 717. The van der Waals surface area contributed by atoms with Gasteiger partial charge in [0.15, 0.2) is 0 Å². The molecule has 4 rings (SSSR count). The van der Waals surface area contributed by atoms with Gasteiger partial charge in [-0.3, -0.25) is 4.79 Å². The Morgan fingerprint density at radius 3 is 2.75 bits per heavy atom. The van der Waals surface area contributed by atoms with Crippen molar-refractivity contribution in [2.45, 2.75) is 43.9 Å². The molecule has 1 amide bonds. The summed E-state index contributed by atoms with van der Waals surface area (Å²) in [6.07, 6.45) is 2.74. The minimum absolute atomic E-state index is 0.0623. The van der Waals surface area contributed by atoms with Gasteiger partial charge < -0.3 is 4.90 Å². The van der Waals surface area contributed by atoms with E-state index < -0.39 is 0 Å². The van der Waals surface area contributed by atoms with Crippen molar-refractivity contribution < 1.29 is 9.18 Å². The van der Waals surface area contributed by atoms with Gasteiger partial charge >= 0.3 is 0 Å². The van der Waals surface area contributed by atoms with E-state index in [1.165, 1.54) is 10.9 Å². The van der Waals surface area contributed by atoms with Crippen molar-refractivity contribution in [1.29, 1.82) is 0 Å². The highest BCUT2D eigenvalue weighted by Gasteiger charge is 2.39. The predicted molar refractivity (Wildman–Crippen MR) is 91.7 cm³/mol. The van der Waals surface area contributed by atoms with Crippen LogP contribution in [-0.4, -0.2) is 22.9 Å². The molecule has 1 aliphatic heterocycles. The first-order valence-electron chi connectivity index (χ1n) is 8.30. The van der Waals surface area contributed by atoms with E-state index in [1.54, 1.807) is 23.5 Å². The van der Waals surface area contributed by atoms with Crippen molar-refractivity contribution in [1.82, 2.24) is 15.8 Å². The molecular formula is C18H20FN3OS. The number of nitrogens with zero attached hydrogens (tertiary/aromatic N) is 1. The second-order valence-electron chi connectivity index (χ2n) is 6.43.